The first-order valence-corrected chi connectivity index (χ1v) is 7.43. The Labute approximate surface area is 131 Å². The van der Waals surface area contributed by atoms with Gasteiger partial charge in [0.25, 0.3) is 0 Å². The van der Waals surface area contributed by atoms with Gasteiger partial charge in [-0.2, -0.15) is 0 Å². The molecule has 0 spiro atoms. The van der Waals surface area contributed by atoms with Crippen LogP contribution in [0.1, 0.15) is 18.1 Å². The third-order valence-electron chi connectivity index (χ3n) is 3.42. The van der Waals surface area contributed by atoms with Crippen LogP contribution in [-0.2, 0) is 17.8 Å². The number of amides is 1. The molecule has 0 radical (unpaired) electrons. The fraction of sp³-hybridized carbons (Fsp3) is 0.278. The van der Waals surface area contributed by atoms with Crippen LogP contribution in [-0.4, -0.2) is 19.6 Å². The highest BCUT2D eigenvalue weighted by molar-refractivity contribution is 5.92. The summed E-state index contributed by atoms with van der Waals surface area (Å²) in [6, 6.07) is 15.7. The number of hydrogen-bond acceptors (Lipinski definition) is 3. The number of rotatable bonds is 7. The van der Waals surface area contributed by atoms with Crippen molar-refractivity contribution in [1.82, 2.24) is 5.32 Å². The van der Waals surface area contributed by atoms with Crippen molar-refractivity contribution >= 4 is 11.6 Å². The highest BCUT2D eigenvalue weighted by atomic mass is 16.5. The summed E-state index contributed by atoms with van der Waals surface area (Å²) in [5.41, 5.74) is 3.20. The van der Waals surface area contributed by atoms with E-state index in [2.05, 4.69) is 17.6 Å². The number of aryl methyl sites for hydroxylation is 1. The molecule has 0 aromatic heterocycles. The van der Waals surface area contributed by atoms with Gasteiger partial charge in [-0.25, -0.2) is 0 Å². The van der Waals surface area contributed by atoms with Gasteiger partial charge < -0.3 is 15.4 Å². The highest BCUT2D eigenvalue weighted by Crippen LogP contribution is 2.11. The maximum Gasteiger partial charge on any atom is 0.238 e. The molecule has 0 aliphatic rings. The zero-order chi connectivity index (χ0) is 15.8. The first-order chi connectivity index (χ1) is 10.7. The Morgan fingerprint density at radius 2 is 1.64 bits per heavy atom. The fourth-order valence-corrected chi connectivity index (χ4v) is 2.09. The van der Waals surface area contributed by atoms with E-state index in [4.69, 9.17) is 4.74 Å². The van der Waals surface area contributed by atoms with E-state index in [0.717, 1.165) is 23.4 Å². The van der Waals surface area contributed by atoms with Crippen molar-refractivity contribution in [1.29, 1.82) is 0 Å². The predicted molar refractivity (Wildman–Crippen MR) is 89.2 cm³/mol. The maximum absolute atomic E-state index is 11.9. The first-order valence-electron chi connectivity index (χ1n) is 7.43. The van der Waals surface area contributed by atoms with Gasteiger partial charge in [0.2, 0.25) is 5.91 Å². The Balaban J connectivity index is 1.74. The molecule has 0 unspecified atom stereocenters. The lowest BCUT2D eigenvalue weighted by atomic mass is 10.1. The van der Waals surface area contributed by atoms with Gasteiger partial charge in [-0.3, -0.25) is 4.79 Å². The van der Waals surface area contributed by atoms with Crippen LogP contribution < -0.4 is 15.4 Å². The number of hydrogen-bond donors (Lipinski definition) is 2. The zero-order valence-corrected chi connectivity index (χ0v) is 13.1. The number of carbonyl (C=O) groups is 1. The molecular weight excluding hydrogens is 276 g/mol. The molecule has 0 aliphatic heterocycles. The lowest BCUT2D eigenvalue weighted by Gasteiger charge is -2.08. The minimum Gasteiger partial charge on any atom is -0.497 e. The number of benzene rings is 2. The van der Waals surface area contributed by atoms with E-state index in [0.29, 0.717) is 6.54 Å². The molecule has 0 saturated carbocycles. The zero-order valence-electron chi connectivity index (χ0n) is 13.1. The average Bonchev–Trinajstić information content (AvgIpc) is 2.56. The molecule has 0 fully saturated rings. The van der Waals surface area contributed by atoms with Crippen LogP contribution in [0.3, 0.4) is 0 Å². The topological polar surface area (TPSA) is 50.4 Å². The molecule has 2 aromatic carbocycles. The third-order valence-corrected chi connectivity index (χ3v) is 3.42. The molecule has 116 valence electrons. The van der Waals surface area contributed by atoms with Crippen molar-refractivity contribution in [2.75, 3.05) is 19.0 Å². The second-order valence-corrected chi connectivity index (χ2v) is 5.05. The third kappa shape index (κ3) is 4.90. The molecule has 0 saturated heterocycles. The van der Waals surface area contributed by atoms with Crippen molar-refractivity contribution in [2.24, 2.45) is 0 Å². The smallest absolute Gasteiger partial charge is 0.238 e. The number of carbonyl (C=O) groups excluding carboxylic acids is 1. The minimum absolute atomic E-state index is 0.0437. The Morgan fingerprint density at radius 1 is 1.00 bits per heavy atom. The first kappa shape index (κ1) is 16.0. The Kier molecular flexibility index (Phi) is 5.98. The van der Waals surface area contributed by atoms with Crippen LogP contribution in [0.15, 0.2) is 48.5 Å². The van der Waals surface area contributed by atoms with E-state index >= 15 is 0 Å². The molecule has 4 nitrogen and oxygen atoms in total. The van der Waals surface area contributed by atoms with Gasteiger partial charge in [0, 0.05) is 12.2 Å². The molecule has 1 amide bonds. The van der Waals surface area contributed by atoms with Gasteiger partial charge in [0.1, 0.15) is 5.75 Å². The predicted octanol–water partition coefficient (Wildman–Crippen LogP) is 2.99. The van der Waals surface area contributed by atoms with Crippen LogP contribution >= 0.6 is 0 Å². The fourth-order valence-electron chi connectivity index (χ4n) is 2.09. The van der Waals surface area contributed by atoms with Crippen LogP contribution in [0, 0.1) is 0 Å². The van der Waals surface area contributed by atoms with E-state index in [1.54, 1.807) is 7.11 Å². The van der Waals surface area contributed by atoms with Crippen LogP contribution in [0.25, 0.3) is 0 Å². The molecule has 0 bridgehead atoms. The van der Waals surface area contributed by atoms with Gasteiger partial charge in [-0.15, -0.1) is 0 Å². The lowest BCUT2D eigenvalue weighted by Crippen LogP contribution is -2.27. The van der Waals surface area contributed by atoms with E-state index < -0.39 is 0 Å². The normalized spacial score (nSPS) is 10.3. The summed E-state index contributed by atoms with van der Waals surface area (Å²) in [5, 5.41) is 6.01. The maximum atomic E-state index is 11.9. The molecule has 22 heavy (non-hydrogen) atoms. The van der Waals surface area contributed by atoms with E-state index in [1.165, 1.54) is 5.56 Å². The van der Waals surface area contributed by atoms with Crippen molar-refractivity contribution < 1.29 is 9.53 Å². The van der Waals surface area contributed by atoms with E-state index in [1.807, 2.05) is 48.5 Å². The Hall–Kier alpha value is -2.33. The molecule has 4 heteroatoms. The van der Waals surface area contributed by atoms with Crippen molar-refractivity contribution in [3.63, 3.8) is 0 Å². The molecule has 2 N–H and O–H groups in total. The summed E-state index contributed by atoms with van der Waals surface area (Å²) >= 11 is 0. The largest absolute Gasteiger partial charge is 0.497 e. The van der Waals surface area contributed by atoms with Crippen molar-refractivity contribution in [3.05, 3.63) is 59.7 Å². The van der Waals surface area contributed by atoms with Gasteiger partial charge in [0.15, 0.2) is 0 Å². The number of anilines is 1. The van der Waals surface area contributed by atoms with Gasteiger partial charge in [-0.05, 0) is 41.8 Å². The highest BCUT2D eigenvalue weighted by Gasteiger charge is 2.02. The van der Waals surface area contributed by atoms with Crippen molar-refractivity contribution in [3.8, 4) is 5.75 Å². The number of nitrogens with one attached hydrogen (secondary N) is 2. The summed E-state index contributed by atoms with van der Waals surface area (Å²) in [5.74, 6) is 0.787. The monoisotopic (exact) mass is 298 g/mol. The quantitative estimate of drug-likeness (QED) is 0.826. The van der Waals surface area contributed by atoms with Gasteiger partial charge in [0.05, 0.1) is 13.7 Å². The molecule has 0 aliphatic carbocycles. The van der Waals surface area contributed by atoms with E-state index in [9.17, 15) is 4.79 Å². The molecule has 0 atom stereocenters. The molecule has 2 rings (SSSR count). The SMILES string of the molecule is CCc1ccc(NC(=O)CNCc2ccc(OC)cc2)cc1. The molecule has 0 heterocycles. The Morgan fingerprint density at radius 3 is 2.23 bits per heavy atom. The van der Waals surface area contributed by atoms with E-state index in [-0.39, 0.29) is 12.5 Å². The summed E-state index contributed by atoms with van der Waals surface area (Å²) < 4.78 is 5.11. The summed E-state index contributed by atoms with van der Waals surface area (Å²) in [6.07, 6.45) is 0.998. The van der Waals surface area contributed by atoms with Gasteiger partial charge >= 0.3 is 0 Å². The van der Waals surface area contributed by atoms with Crippen LogP contribution in [0.4, 0.5) is 5.69 Å². The molecular formula is C18H22N2O2. The number of ether oxygens (including phenoxy) is 1. The second kappa shape index (κ2) is 8.20. The van der Waals surface area contributed by atoms with Gasteiger partial charge in [-0.1, -0.05) is 31.2 Å². The number of methoxy groups -OCH3 is 1. The van der Waals surface area contributed by atoms with Crippen molar-refractivity contribution in [2.45, 2.75) is 19.9 Å². The average molecular weight is 298 g/mol. The molecule has 2 aromatic rings. The summed E-state index contributed by atoms with van der Waals surface area (Å²) in [7, 11) is 1.64. The second-order valence-electron chi connectivity index (χ2n) is 5.05. The van der Waals surface area contributed by atoms with Crippen LogP contribution in [0.2, 0.25) is 0 Å². The standard InChI is InChI=1S/C18H22N2O2/c1-3-14-4-8-16(9-5-14)20-18(21)13-19-12-15-6-10-17(22-2)11-7-15/h4-11,19H,3,12-13H2,1-2H3,(H,20,21). The lowest BCUT2D eigenvalue weighted by molar-refractivity contribution is -0.115. The van der Waals surface area contributed by atoms with Crippen LogP contribution in [0.5, 0.6) is 5.75 Å². The summed E-state index contributed by atoms with van der Waals surface area (Å²) in [6.45, 7) is 3.03. The summed E-state index contributed by atoms with van der Waals surface area (Å²) in [4.78, 5) is 11.9. The Bertz CT molecular complexity index is 591. The minimum atomic E-state index is -0.0437.